The summed E-state index contributed by atoms with van der Waals surface area (Å²) in [6.45, 7) is 2.45. The number of hydrogen-bond donors (Lipinski definition) is 0. The van der Waals surface area contributed by atoms with Crippen LogP contribution in [0.4, 0.5) is 10.1 Å². The van der Waals surface area contributed by atoms with Gasteiger partial charge in [0.15, 0.2) is 0 Å². The molecule has 0 aliphatic carbocycles. The quantitative estimate of drug-likeness (QED) is 0.418. The SMILES string of the molecule is CCOc1ccc(N2C(=O)CC(N(CCc3cccc(Cl)c3)C(=O)c3ccccc3F)C2=O)cc1. The lowest BCUT2D eigenvalue weighted by atomic mass is 10.1. The van der Waals surface area contributed by atoms with Crippen LogP contribution in [0.25, 0.3) is 0 Å². The number of hydrogen-bond acceptors (Lipinski definition) is 4. The van der Waals surface area contributed by atoms with E-state index in [0.29, 0.717) is 29.5 Å². The molecule has 4 rings (SSSR count). The number of nitrogens with zero attached hydrogens (tertiary/aromatic N) is 2. The minimum Gasteiger partial charge on any atom is -0.494 e. The lowest BCUT2D eigenvalue weighted by Gasteiger charge is -2.28. The van der Waals surface area contributed by atoms with Crippen molar-refractivity contribution >= 4 is 35.0 Å². The average Bonchev–Trinajstić information content (AvgIpc) is 3.14. The molecule has 6 nitrogen and oxygen atoms in total. The summed E-state index contributed by atoms with van der Waals surface area (Å²) in [5.41, 5.74) is 1.08. The van der Waals surface area contributed by atoms with E-state index < -0.39 is 29.6 Å². The first-order valence-corrected chi connectivity index (χ1v) is 11.7. The van der Waals surface area contributed by atoms with Gasteiger partial charge in [-0.05, 0) is 67.4 Å². The van der Waals surface area contributed by atoms with E-state index >= 15 is 0 Å². The number of rotatable bonds is 8. The van der Waals surface area contributed by atoms with Crippen LogP contribution in [-0.4, -0.2) is 41.8 Å². The standard InChI is InChI=1S/C27H24ClFN2O4/c1-2-35-21-12-10-20(11-13-21)31-25(32)17-24(27(31)34)30(15-14-18-6-5-7-19(28)16-18)26(33)22-8-3-4-9-23(22)29/h3-13,16,24H,2,14-15,17H2,1H3. The van der Waals surface area contributed by atoms with E-state index in [4.69, 9.17) is 16.3 Å². The van der Waals surface area contributed by atoms with E-state index in [2.05, 4.69) is 0 Å². The van der Waals surface area contributed by atoms with Gasteiger partial charge in [0.05, 0.1) is 24.3 Å². The molecule has 3 aromatic rings. The second-order valence-electron chi connectivity index (χ2n) is 8.07. The lowest BCUT2D eigenvalue weighted by Crippen LogP contribution is -2.46. The smallest absolute Gasteiger partial charge is 0.257 e. The molecule has 1 fully saturated rings. The van der Waals surface area contributed by atoms with Crippen molar-refractivity contribution in [2.75, 3.05) is 18.1 Å². The van der Waals surface area contributed by atoms with Crippen molar-refractivity contribution in [3.8, 4) is 5.75 Å². The van der Waals surface area contributed by atoms with E-state index in [1.807, 2.05) is 13.0 Å². The van der Waals surface area contributed by atoms with Crippen molar-refractivity contribution < 1.29 is 23.5 Å². The van der Waals surface area contributed by atoms with Crippen LogP contribution in [0.15, 0.2) is 72.8 Å². The van der Waals surface area contributed by atoms with E-state index in [0.717, 1.165) is 10.5 Å². The Morgan fingerprint density at radius 1 is 1.09 bits per heavy atom. The molecule has 1 unspecified atom stereocenters. The minimum atomic E-state index is -1.06. The predicted octanol–water partition coefficient (Wildman–Crippen LogP) is 4.89. The molecule has 8 heteroatoms. The topological polar surface area (TPSA) is 66.9 Å². The molecular formula is C27H24ClFN2O4. The highest BCUT2D eigenvalue weighted by molar-refractivity contribution is 6.30. The Labute approximate surface area is 207 Å². The van der Waals surface area contributed by atoms with Crippen molar-refractivity contribution in [2.45, 2.75) is 25.8 Å². The van der Waals surface area contributed by atoms with E-state index in [9.17, 15) is 18.8 Å². The van der Waals surface area contributed by atoms with Gasteiger partial charge in [0, 0.05) is 11.6 Å². The van der Waals surface area contributed by atoms with Crippen LogP contribution in [-0.2, 0) is 16.0 Å². The van der Waals surface area contributed by atoms with Crippen LogP contribution in [0, 0.1) is 5.82 Å². The Bertz CT molecular complexity index is 1250. The van der Waals surface area contributed by atoms with Crippen LogP contribution in [0.2, 0.25) is 5.02 Å². The van der Waals surface area contributed by atoms with Crippen molar-refractivity contribution in [1.82, 2.24) is 4.90 Å². The summed E-state index contributed by atoms with van der Waals surface area (Å²) in [6, 6.07) is 18.3. The summed E-state index contributed by atoms with van der Waals surface area (Å²) in [7, 11) is 0. The first-order chi connectivity index (χ1) is 16.9. The van der Waals surface area contributed by atoms with E-state index in [-0.39, 0.29) is 18.5 Å². The Morgan fingerprint density at radius 2 is 1.83 bits per heavy atom. The largest absolute Gasteiger partial charge is 0.494 e. The molecule has 0 N–H and O–H groups in total. The van der Waals surface area contributed by atoms with Crippen molar-refractivity contribution in [3.05, 3.63) is 94.8 Å². The van der Waals surface area contributed by atoms with Gasteiger partial charge in [-0.3, -0.25) is 14.4 Å². The van der Waals surface area contributed by atoms with Crippen molar-refractivity contribution in [3.63, 3.8) is 0 Å². The fraction of sp³-hybridized carbons (Fsp3) is 0.222. The van der Waals surface area contributed by atoms with Crippen LogP contribution >= 0.6 is 11.6 Å². The lowest BCUT2D eigenvalue weighted by molar-refractivity contribution is -0.122. The van der Waals surface area contributed by atoms with Crippen LogP contribution in [0.5, 0.6) is 5.75 Å². The van der Waals surface area contributed by atoms with Gasteiger partial charge in [-0.25, -0.2) is 9.29 Å². The van der Waals surface area contributed by atoms with Crippen LogP contribution in [0.1, 0.15) is 29.3 Å². The molecule has 1 heterocycles. The molecule has 0 bridgehead atoms. The summed E-state index contributed by atoms with van der Waals surface area (Å²) in [5.74, 6) is -1.69. The Balaban J connectivity index is 1.63. The number of carbonyl (C=O) groups is 3. The molecule has 0 aromatic heterocycles. The molecule has 180 valence electrons. The fourth-order valence-corrected chi connectivity index (χ4v) is 4.33. The third kappa shape index (κ3) is 5.35. The Morgan fingerprint density at radius 3 is 2.51 bits per heavy atom. The summed E-state index contributed by atoms with van der Waals surface area (Å²) in [6.07, 6.45) is 0.184. The normalized spacial score (nSPS) is 15.4. The molecule has 0 saturated carbocycles. The van der Waals surface area contributed by atoms with Crippen LogP contribution in [0.3, 0.4) is 0 Å². The zero-order valence-electron chi connectivity index (χ0n) is 19.1. The number of anilines is 1. The van der Waals surface area contributed by atoms with Gasteiger partial charge in [-0.1, -0.05) is 35.9 Å². The van der Waals surface area contributed by atoms with Gasteiger partial charge in [0.25, 0.3) is 11.8 Å². The second-order valence-corrected chi connectivity index (χ2v) is 8.51. The molecule has 0 spiro atoms. The molecule has 35 heavy (non-hydrogen) atoms. The summed E-state index contributed by atoms with van der Waals surface area (Å²) in [4.78, 5) is 42.1. The third-order valence-electron chi connectivity index (χ3n) is 5.80. The Hall–Kier alpha value is -3.71. The number of halogens is 2. The monoisotopic (exact) mass is 494 g/mol. The first kappa shape index (κ1) is 24.4. The number of amides is 3. The second kappa shape index (κ2) is 10.7. The van der Waals surface area contributed by atoms with E-state index in [1.54, 1.807) is 48.5 Å². The summed E-state index contributed by atoms with van der Waals surface area (Å²) >= 11 is 6.08. The van der Waals surface area contributed by atoms with Gasteiger partial charge in [0.1, 0.15) is 17.6 Å². The first-order valence-electron chi connectivity index (χ1n) is 11.3. The zero-order chi connectivity index (χ0) is 24.9. The number of carbonyl (C=O) groups excluding carboxylic acids is 3. The maximum absolute atomic E-state index is 14.5. The van der Waals surface area contributed by atoms with Gasteiger partial charge in [-0.2, -0.15) is 0 Å². The van der Waals surface area contributed by atoms with Crippen LogP contribution < -0.4 is 9.64 Å². The molecule has 3 aromatic carbocycles. The number of imide groups is 1. The van der Waals surface area contributed by atoms with E-state index in [1.165, 1.54) is 23.1 Å². The van der Waals surface area contributed by atoms with Gasteiger partial charge in [0.2, 0.25) is 5.91 Å². The fourth-order valence-electron chi connectivity index (χ4n) is 4.12. The molecule has 1 atom stereocenters. The third-order valence-corrected chi connectivity index (χ3v) is 6.04. The molecule has 1 aliphatic rings. The molecule has 1 aliphatic heterocycles. The van der Waals surface area contributed by atoms with Crippen molar-refractivity contribution in [1.29, 1.82) is 0 Å². The van der Waals surface area contributed by atoms with Gasteiger partial charge in [-0.15, -0.1) is 0 Å². The van der Waals surface area contributed by atoms with Gasteiger partial charge < -0.3 is 9.64 Å². The van der Waals surface area contributed by atoms with Crippen molar-refractivity contribution in [2.24, 2.45) is 0 Å². The average molecular weight is 495 g/mol. The zero-order valence-corrected chi connectivity index (χ0v) is 19.9. The highest BCUT2D eigenvalue weighted by atomic mass is 35.5. The Kier molecular flexibility index (Phi) is 7.46. The molecule has 0 radical (unpaired) electrons. The molecular weight excluding hydrogens is 471 g/mol. The highest BCUT2D eigenvalue weighted by Crippen LogP contribution is 2.29. The maximum atomic E-state index is 14.5. The molecule has 1 saturated heterocycles. The highest BCUT2D eigenvalue weighted by Gasteiger charge is 2.44. The molecule has 3 amide bonds. The summed E-state index contributed by atoms with van der Waals surface area (Å²) in [5, 5.41) is 0.545. The predicted molar refractivity (Wildman–Crippen MR) is 131 cm³/mol. The maximum Gasteiger partial charge on any atom is 0.257 e. The number of ether oxygens (including phenoxy) is 1. The number of benzene rings is 3. The minimum absolute atomic E-state index is 0.105. The van der Waals surface area contributed by atoms with Gasteiger partial charge >= 0.3 is 0 Å². The summed E-state index contributed by atoms with van der Waals surface area (Å²) < 4.78 is 19.9.